The second-order valence-corrected chi connectivity index (χ2v) is 5.14. The fourth-order valence-corrected chi connectivity index (χ4v) is 2.43. The second-order valence-electron chi connectivity index (χ2n) is 4.70. The van der Waals surface area contributed by atoms with E-state index in [2.05, 4.69) is 35.4 Å². The van der Waals surface area contributed by atoms with E-state index in [0.717, 1.165) is 33.7 Å². The SMILES string of the molecule is CCc1ccc2nccc(Nc3cccc(Cl)c3)c2c1. The van der Waals surface area contributed by atoms with E-state index in [1.54, 1.807) is 0 Å². The molecule has 3 rings (SSSR count). The molecule has 100 valence electrons. The Kier molecular flexibility index (Phi) is 3.57. The number of aromatic nitrogens is 1. The fourth-order valence-electron chi connectivity index (χ4n) is 2.24. The number of fused-ring (bicyclic) bond motifs is 1. The van der Waals surface area contributed by atoms with Gasteiger partial charge in [-0.15, -0.1) is 0 Å². The molecule has 0 fully saturated rings. The molecule has 0 spiro atoms. The van der Waals surface area contributed by atoms with Crippen LogP contribution >= 0.6 is 11.6 Å². The molecule has 0 saturated carbocycles. The zero-order valence-corrected chi connectivity index (χ0v) is 12.0. The number of hydrogen-bond acceptors (Lipinski definition) is 2. The molecule has 0 unspecified atom stereocenters. The van der Waals surface area contributed by atoms with Crippen molar-refractivity contribution in [2.45, 2.75) is 13.3 Å². The summed E-state index contributed by atoms with van der Waals surface area (Å²) < 4.78 is 0. The standard InChI is InChI=1S/C17H15ClN2/c1-2-12-6-7-16-15(10-12)17(8-9-19-16)20-14-5-3-4-13(18)11-14/h3-11H,2H2,1H3,(H,19,20). The Hall–Kier alpha value is -2.06. The lowest BCUT2D eigenvalue weighted by molar-refractivity contribution is 1.14. The van der Waals surface area contributed by atoms with Crippen LogP contribution in [0, 0.1) is 0 Å². The largest absolute Gasteiger partial charge is 0.355 e. The van der Waals surface area contributed by atoms with Crippen LogP contribution in [0.15, 0.2) is 54.7 Å². The van der Waals surface area contributed by atoms with E-state index in [9.17, 15) is 0 Å². The smallest absolute Gasteiger partial charge is 0.0723 e. The minimum absolute atomic E-state index is 0.725. The minimum Gasteiger partial charge on any atom is -0.355 e. The summed E-state index contributed by atoms with van der Waals surface area (Å²) in [6, 6.07) is 16.1. The topological polar surface area (TPSA) is 24.9 Å². The molecule has 0 radical (unpaired) electrons. The van der Waals surface area contributed by atoms with Crippen LogP contribution in [0.4, 0.5) is 11.4 Å². The lowest BCUT2D eigenvalue weighted by atomic mass is 10.1. The number of hydrogen-bond donors (Lipinski definition) is 1. The van der Waals surface area contributed by atoms with Gasteiger partial charge in [0.15, 0.2) is 0 Å². The van der Waals surface area contributed by atoms with Crippen molar-refractivity contribution < 1.29 is 0 Å². The molecule has 2 nitrogen and oxygen atoms in total. The Morgan fingerprint density at radius 3 is 2.80 bits per heavy atom. The first-order valence-corrected chi connectivity index (χ1v) is 7.04. The highest BCUT2D eigenvalue weighted by atomic mass is 35.5. The van der Waals surface area contributed by atoms with Crippen molar-refractivity contribution in [3.63, 3.8) is 0 Å². The molecule has 0 aliphatic rings. The molecule has 0 aliphatic heterocycles. The molecule has 3 heteroatoms. The van der Waals surface area contributed by atoms with Gasteiger partial charge in [0.2, 0.25) is 0 Å². The lowest BCUT2D eigenvalue weighted by Crippen LogP contribution is -1.93. The lowest BCUT2D eigenvalue weighted by Gasteiger charge is -2.10. The summed E-state index contributed by atoms with van der Waals surface area (Å²) in [5.74, 6) is 0. The van der Waals surface area contributed by atoms with E-state index in [-0.39, 0.29) is 0 Å². The Balaban J connectivity index is 2.06. The Bertz CT molecular complexity index is 753. The van der Waals surface area contributed by atoms with Gasteiger partial charge in [-0.3, -0.25) is 4.98 Å². The molecule has 0 saturated heterocycles. The van der Waals surface area contributed by atoms with Gasteiger partial charge in [-0.25, -0.2) is 0 Å². The van der Waals surface area contributed by atoms with Crippen LogP contribution in [-0.4, -0.2) is 4.98 Å². The Morgan fingerprint density at radius 1 is 1.10 bits per heavy atom. The van der Waals surface area contributed by atoms with Crippen LogP contribution in [0.2, 0.25) is 5.02 Å². The molecule has 0 bridgehead atoms. The van der Waals surface area contributed by atoms with Gasteiger partial charge >= 0.3 is 0 Å². The average molecular weight is 283 g/mol. The molecule has 0 atom stereocenters. The first kappa shape index (κ1) is 12.9. The summed E-state index contributed by atoms with van der Waals surface area (Å²) in [7, 11) is 0. The summed E-state index contributed by atoms with van der Waals surface area (Å²) in [6.07, 6.45) is 2.84. The predicted octanol–water partition coefficient (Wildman–Crippen LogP) is 5.19. The van der Waals surface area contributed by atoms with Gasteiger partial charge in [-0.2, -0.15) is 0 Å². The van der Waals surface area contributed by atoms with Gasteiger partial charge in [-0.1, -0.05) is 30.7 Å². The van der Waals surface area contributed by atoms with E-state index in [4.69, 9.17) is 11.6 Å². The van der Waals surface area contributed by atoms with Crippen molar-refractivity contribution >= 4 is 33.9 Å². The molecular formula is C17H15ClN2. The molecule has 1 N–H and O–H groups in total. The van der Waals surface area contributed by atoms with Crippen LogP contribution < -0.4 is 5.32 Å². The van der Waals surface area contributed by atoms with Crippen LogP contribution in [0.5, 0.6) is 0 Å². The average Bonchev–Trinajstić information content (AvgIpc) is 2.47. The van der Waals surface area contributed by atoms with Gasteiger partial charge < -0.3 is 5.32 Å². The number of halogens is 1. The second kappa shape index (κ2) is 5.51. The Morgan fingerprint density at radius 2 is 2.00 bits per heavy atom. The van der Waals surface area contributed by atoms with E-state index in [1.165, 1.54) is 5.56 Å². The van der Waals surface area contributed by atoms with Crippen molar-refractivity contribution in [2.24, 2.45) is 0 Å². The molecule has 20 heavy (non-hydrogen) atoms. The number of nitrogens with one attached hydrogen (secondary N) is 1. The molecule has 0 aliphatic carbocycles. The Labute approximate surface area is 123 Å². The maximum Gasteiger partial charge on any atom is 0.0723 e. The highest BCUT2D eigenvalue weighted by Gasteiger charge is 2.03. The fraction of sp³-hybridized carbons (Fsp3) is 0.118. The normalized spacial score (nSPS) is 10.7. The monoisotopic (exact) mass is 282 g/mol. The number of nitrogens with zero attached hydrogens (tertiary/aromatic N) is 1. The maximum atomic E-state index is 6.02. The third-order valence-electron chi connectivity index (χ3n) is 3.32. The van der Waals surface area contributed by atoms with E-state index in [1.807, 2.05) is 36.5 Å². The predicted molar refractivity (Wildman–Crippen MR) is 85.9 cm³/mol. The summed E-state index contributed by atoms with van der Waals surface area (Å²) in [4.78, 5) is 4.41. The molecular weight excluding hydrogens is 268 g/mol. The van der Waals surface area contributed by atoms with Gasteiger partial charge in [0.1, 0.15) is 0 Å². The van der Waals surface area contributed by atoms with Gasteiger partial charge in [-0.05, 0) is 48.4 Å². The zero-order chi connectivity index (χ0) is 13.9. The first-order valence-electron chi connectivity index (χ1n) is 6.66. The highest BCUT2D eigenvalue weighted by molar-refractivity contribution is 6.30. The zero-order valence-electron chi connectivity index (χ0n) is 11.2. The maximum absolute atomic E-state index is 6.02. The van der Waals surface area contributed by atoms with E-state index < -0.39 is 0 Å². The number of aryl methyl sites for hydroxylation is 1. The molecule has 3 aromatic rings. The van der Waals surface area contributed by atoms with Crippen molar-refractivity contribution in [1.29, 1.82) is 0 Å². The summed E-state index contributed by atoms with van der Waals surface area (Å²) in [5, 5.41) is 5.27. The van der Waals surface area contributed by atoms with Crippen molar-refractivity contribution in [1.82, 2.24) is 4.98 Å². The highest BCUT2D eigenvalue weighted by Crippen LogP contribution is 2.27. The summed E-state index contributed by atoms with van der Waals surface area (Å²) in [6.45, 7) is 2.15. The van der Waals surface area contributed by atoms with Crippen molar-refractivity contribution in [2.75, 3.05) is 5.32 Å². The van der Waals surface area contributed by atoms with E-state index >= 15 is 0 Å². The van der Waals surface area contributed by atoms with Gasteiger partial charge in [0.05, 0.1) is 5.52 Å². The number of benzene rings is 2. The van der Waals surface area contributed by atoms with Crippen LogP contribution in [0.1, 0.15) is 12.5 Å². The van der Waals surface area contributed by atoms with Crippen LogP contribution in [0.25, 0.3) is 10.9 Å². The third kappa shape index (κ3) is 2.61. The summed E-state index contributed by atoms with van der Waals surface area (Å²) >= 11 is 6.02. The molecule has 1 heterocycles. The number of pyridine rings is 1. The minimum atomic E-state index is 0.725. The van der Waals surface area contributed by atoms with Crippen LogP contribution in [0.3, 0.4) is 0 Å². The molecule has 2 aromatic carbocycles. The van der Waals surface area contributed by atoms with Gasteiger partial charge in [0, 0.05) is 28.0 Å². The first-order chi connectivity index (χ1) is 9.76. The van der Waals surface area contributed by atoms with E-state index in [0.29, 0.717) is 0 Å². The quantitative estimate of drug-likeness (QED) is 0.715. The number of rotatable bonds is 3. The van der Waals surface area contributed by atoms with Crippen molar-refractivity contribution in [3.05, 3.63) is 65.3 Å². The molecule has 1 aromatic heterocycles. The van der Waals surface area contributed by atoms with Crippen molar-refractivity contribution in [3.8, 4) is 0 Å². The van der Waals surface area contributed by atoms with Crippen LogP contribution in [-0.2, 0) is 6.42 Å². The third-order valence-corrected chi connectivity index (χ3v) is 3.55. The molecule has 0 amide bonds. The number of anilines is 2. The van der Waals surface area contributed by atoms with Gasteiger partial charge in [0.25, 0.3) is 0 Å². The summed E-state index contributed by atoms with van der Waals surface area (Å²) in [5.41, 5.74) is 4.33.